The lowest BCUT2D eigenvalue weighted by Crippen LogP contribution is -2.53. The van der Waals surface area contributed by atoms with E-state index in [2.05, 4.69) is 15.3 Å². The lowest BCUT2D eigenvalue weighted by molar-refractivity contribution is -0.149. The van der Waals surface area contributed by atoms with Crippen LogP contribution in [-0.4, -0.2) is 33.2 Å². The van der Waals surface area contributed by atoms with Crippen molar-refractivity contribution in [1.29, 1.82) is 0 Å². The van der Waals surface area contributed by atoms with Gasteiger partial charge in [-0.15, -0.1) is 0 Å². The van der Waals surface area contributed by atoms with E-state index in [4.69, 9.17) is 5.73 Å². The van der Waals surface area contributed by atoms with E-state index in [0.717, 1.165) is 30.4 Å². The molecular formula is C19H23N5O2. The van der Waals surface area contributed by atoms with Crippen molar-refractivity contribution in [2.24, 2.45) is 0 Å². The van der Waals surface area contributed by atoms with Crippen LogP contribution in [0.25, 0.3) is 0 Å². The summed E-state index contributed by atoms with van der Waals surface area (Å²) in [6.07, 6.45) is 7.57. The molecule has 2 amide bonds. The summed E-state index contributed by atoms with van der Waals surface area (Å²) in [7, 11) is 0. The zero-order chi connectivity index (χ0) is 18.7. The van der Waals surface area contributed by atoms with Gasteiger partial charge in [0, 0.05) is 18.9 Å². The minimum absolute atomic E-state index is 0.398. The average molecular weight is 353 g/mol. The van der Waals surface area contributed by atoms with Gasteiger partial charge in [0.15, 0.2) is 0 Å². The number of carbonyl (C=O) groups excluding carboxylic acids is 2. The van der Waals surface area contributed by atoms with Crippen LogP contribution in [0.3, 0.4) is 0 Å². The third kappa shape index (κ3) is 3.37. The number of hydrogen-bond acceptors (Lipinski definition) is 5. The predicted octanol–water partition coefficient (Wildman–Crippen LogP) is 2.23. The average Bonchev–Trinajstić information content (AvgIpc) is 2.65. The van der Waals surface area contributed by atoms with Gasteiger partial charge in [0.05, 0.1) is 17.4 Å². The smallest absolute Gasteiger partial charge is 0.313 e. The van der Waals surface area contributed by atoms with Gasteiger partial charge in [-0.2, -0.15) is 0 Å². The molecule has 136 valence electrons. The second-order valence-corrected chi connectivity index (χ2v) is 6.81. The van der Waals surface area contributed by atoms with Crippen LogP contribution in [0.4, 0.5) is 11.5 Å². The molecule has 1 fully saturated rings. The van der Waals surface area contributed by atoms with Crippen molar-refractivity contribution >= 4 is 23.3 Å². The Morgan fingerprint density at radius 1 is 1.31 bits per heavy atom. The number of nitrogen functional groups attached to an aromatic ring is 1. The van der Waals surface area contributed by atoms with E-state index >= 15 is 0 Å². The molecule has 0 bridgehead atoms. The molecule has 0 unspecified atom stereocenters. The Hall–Kier alpha value is -2.96. The highest BCUT2D eigenvalue weighted by Gasteiger charge is 2.41. The highest BCUT2D eigenvalue weighted by Crippen LogP contribution is 2.37. The van der Waals surface area contributed by atoms with Crippen LogP contribution >= 0.6 is 0 Å². The van der Waals surface area contributed by atoms with E-state index in [-0.39, 0.29) is 0 Å². The number of amides is 2. The largest absolute Gasteiger partial charge is 0.383 e. The second kappa shape index (κ2) is 7.11. The van der Waals surface area contributed by atoms with Crippen molar-refractivity contribution in [3.05, 3.63) is 47.9 Å². The molecule has 26 heavy (non-hydrogen) atoms. The lowest BCUT2D eigenvalue weighted by atomic mass is 9.82. The van der Waals surface area contributed by atoms with Crippen LogP contribution in [0, 0.1) is 6.92 Å². The van der Waals surface area contributed by atoms with Crippen molar-refractivity contribution in [2.45, 2.75) is 38.6 Å². The van der Waals surface area contributed by atoms with E-state index in [9.17, 15) is 9.59 Å². The highest BCUT2D eigenvalue weighted by atomic mass is 16.2. The van der Waals surface area contributed by atoms with Crippen LogP contribution in [0.15, 0.2) is 36.8 Å². The second-order valence-electron chi connectivity index (χ2n) is 6.81. The van der Waals surface area contributed by atoms with Gasteiger partial charge in [-0.1, -0.05) is 6.07 Å². The third-order valence-corrected chi connectivity index (χ3v) is 4.99. The van der Waals surface area contributed by atoms with Gasteiger partial charge in [0.1, 0.15) is 5.82 Å². The Morgan fingerprint density at radius 3 is 2.81 bits per heavy atom. The topological polar surface area (TPSA) is 101 Å². The number of aromatic nitrogens is 2. The number of pyridine rings is 2. The molecule has 0 spiro atoms. The van der Waals surface area contributed by atoms with Crippen molar-refractivity contribution in [3.8, 4) is 0 Å². The zero-order valence-corrected chi connectivity index (χ0v) is 15.0. The summed E-state index contributed by atoms with van der Waals surface area (Å²) in [5, 5.41) is 2.63. The maximum atomic E-state index is 12.9. The van der Waals surface area contributed by atoms with Gasteiger partial charge in [-0.05, 0) is 56.4 Å². The predicted molar refractivity (Wildman–Crippen MR) is 99.2 cm³/mol. The molecule has 2 aromatic rings. The molecule has 0 radical (unpaired) electrons. The summed E-state index contributed by atoms with van der Waals surface area (Å²) in [5.41, 5.74) is 7.28. The Labute approximate surface area is 152 Å². The van der Waals surface area contributed by atoms with Gasteiger partial charge in [-0.25, -0.2) is 4.98 Å². The highest BCUT2D eigenvalue weighted by molar-refractivity contribution is 6.39. The molecule has 7 nitrogen and oxygen atoms in total. The number of nitrogens with two attached hydrogens (primary N) is 1. The first-order valence-corrected chi connectivity index (χ1v) is 8.67. The van der Waals surface area contributed by atoms with Gasteiger partial charge in [0.2, 0.25) is 0 Å². The van der Waals surface area contributed by atoms with Gasteiger partial charge < -0.3 is 16.0 Å². The number of piperidine rings is 1. The zero-order valence-electron chi connectivity index (χ0n) is 15.0. The van der Waals surface area contributed by atoms with E-state index in [1.807, 2.05) is 19.1 Å². The monoisotopic (exact) mass is 353 g/mol. The van der Waals surface area contributed by atoms with Gasteiger partial charge in [-0.3, -0.25) is 14.6 Å². The maximum absolute atomic E-state index is 12.9. The molecule has 7 heteroatoms. The van der Waals surface area contributed by atoms with Gasteiger partial charge in [0.25, 0.3) is 0 Å². The molecule has 1 aliphatic heterocycles. The normalized spacial score (nSPS) is 19.8. The number of nitrogens with zero attached hydrogens (tertiary/aromatic N) is 3. The van der Waals surface area contributed by atoms with E-state index in [1.54, 1.807) is 30.3 Å². The fourth-order valence-electron chi connectivity index (χ4n) is 3.39. The first kappa shape index (κ1) is 17.8. The Kier molecular flexibility index (Phi) is 4.88. The van der Waals surface area contributed by atoms with Crippen LogP contribution in [0.5, 0.6) is 0 Å². The summed E-state index contributed by atoms with van der Waals surface area (Å²) in [6.45, 7) is 4.32. The quantitative estimate of drug-likeness (QED) is 0.806. The molecule has 0 aromatic carbocycles. The summed E-state index contributed by atoms with van der Waals surface area (Å²) < 4.78 is 0. The van der Waals surface area contributed by atoms with E-state index in [1.165, 1.54) is 6.20 Å². The van der Waals surface area contributed by atoms with Crippen molar-refractivity contribution < 1.29 is 9.59 Å². The lowest BCUT2D eigenvalue weighted by Gasteiger charge is -2.44. The Balaban J connectivity index is 1.82. The third-order valence-electron chi connectivity index (χ3n) is 4.99. The number of rotatable bonds is 2. The first-order chi connectivity index (χ1) is 12.4. The molecule has 3 N–H and O–H groups in total. The number of aryl methyl sites for hydroxylation is 1. The summed E-state index contributed by atoms with van der Waals surface area (Å²) in [6, 6.07) is 5.49. The molecule has 0 aliphatic carbocycles. The molecule has 0 saturated carbocycles. The molecule has 1 aliphatic rings. The fraction of sp³-hybridized carbons (Fsp3) is 0.368. The first-order valence-electron chi connectivity index (χ1n) is 8.67. The van der Waals surface area contributed by atoms with Crippen LogP contribution in [-0.2, 0) is 15.1 Å². The number of carbonyl (C=O) groups is 2. The van der Waals surface area contributed by atoms with Crippen molar-refractivity contribution in [1.82, 2.24) is 14.9 Å². The van der Waals surface area contributed by atoms with Crippen LogP contribution in [0.1, 0.15) is 37.3 Å². The van der Waals surface area contributed by atoms with Gasteiger partial charge >= 0.3 is 11.8 Å². The maximum Gasteiger partial charge on any atom is 0.313 e. The molecule has 1 atom stereocenters. The summed E-state index contributed by atoms with van der Waals surface area (Å²) >= 11 is 0. The fourth-order valence-corrected chi connectivity index (χ4v) is 3.39. The van der Waals surface area contributed by atoms with Crippen molar-refractivity contribution in [2.75, 3.05) is 17.6 Å². The number of hydrogen-bond donors (Lipinski definition) is 2. The number of nitrogens with one attached hydrogen (secondary N) is 1. The molecule has 3 heterocycles. The molecule has 1 saturated heterocycles. The molecular weight excluding hydrogens is 330 g/mol. The van der Waals surface area contributed by atoms with Crippen molar-refractivity contribution in [3.63, 3.8) is 0 Å². The van der Waals surface area contributed by atoms with E-state index in [0.29, 0.717) is 18.1 Å². The van der Waals surface area contributed by atoms with Crippen LogP contribution in [0.2, 0.25) is 0 Å². The molecule has 2 aromatic heterocycles. The van der Waals surface area contributed by atoms with E-state index < -0.39 is 17.4 Å². The minimum Gasteiger partial charge on any atom is -0.383 e. The summed E-state index contributed by atoms with van der Waals surface area (Å²) in [4.78, 5) is 35.3. The molecule has 3 rings (SSSR count). The Morgan fingerprint density at radius 2 is 2.12 bits per heavy atom. The van der Waals surface area contributed by atoms with Crippen LogP contribution < -0.4 is 11.1 Å². The number of likely N-dealkylation sites (tertiary alicyclic amines) is 1. The summed E-state index contributed by atoms with van der Waals surface area (Å²) in [5.74, 6) is -0.826. The standard InChI is InChI=1S/C19H23N5O2/c1-13-10-15(12-22-16(13)20)23-17(25)18(26)24-9-4-3-7-19(24,2)14-6-5-8-21-11-14/h5-6,8,10-12H,3-4,7,9H2,1-2H3,(H2,20,22)(H,23,25)/t19-/m0/s1. The Bertz CT molecular complexity index is 824. The minimum atomic E-state index is -0.673. The SMILES string of the molecule is Cc1cc(NC(=O)C(=O)N2CCCC[C@@]2(C)c2cccnc2)cnc1N. The number of anilines is 2.